The Bertz CT molecular complexity index is 640. The Morgan fingerprint density at radius 2 is 1.89 bits per heavy atom. The van der Waals surface area contributed by atoms with Crippen LogP contribution in [0.3, 0.4) is 0 Å². The molecule has 4 aliphatic carbocycles. The van der Waals surface area contributed by atoms with Crippen LogP contribution in [0.15, 0.2) is 5.10 Å². The molecule has 27 heavy (non-hydrogen) atoms. The molecule has 0 aromatic carbocycles. The van der Waals surface area contributed by atoms with Gasteiger partial charge in [-0.05, 0) is 81.0 Å². The first-order chi connectivity index (χ1) is 12.7. The fourth-order valence-electron chi connectivity index (χ4n) is 7.68. The highest BCUT2D eigenvalue weighted by Crippen LogP contribution is 2.68. The van der Waals surface area contributed by atoms with Gasteiger partial charge >= 0.3 is 0 Å². The van der Waals surface area contributed by atoms with Crippen molar-refractivity contribution in [3.05, 3.63) is 0 Å². The molecular weight excluding hydrogens is 340 g/mol. The Labute approximate surface area is 162 Å². The molecule has 8 atom stereocenters. The van der Waals surface area contributed by atoms with E-state index in [-0.39, 0.29) is 28.8 Å². The SMILES string of the molecule is C[C@]12CC[C@H](O)C[C@H]1CC[C@@H]1[C@@H]2CC[C@]2(C)C(/C=N/NC(=N)N)CC[C@]12O. The van der Waals surface area contributed by atoms with Crippen LogP contribution in [0, 0.1) is 39.9 Å². The molecule has 0 spiro atoms. The number of aliphatic hydroxyl groups is 2. The number of hydrogen-bond donors (Lipinski definition) is 5. The number of nitrogens with one attached hydrogen (secondary N) is 2. The van der Waals surface area contributed by atoms with Crippen LogP contribution in [-0.2, 0) is 0 Å². The van der Waals surface area contributed by atoms with Gasteiger partial charge in [-0.2, -0.15) is 5.10 Å². The van der Waals surface area contributed by atoms with E-state index in [1.165, 1.54) is 0 Å². The van der Waals surface area contributed by atoms with E-state index in [9.17, 15) is 10.2 Å². The summed E-state index contributed by atoms with van der Waals surface area (Å²) in [6.07, 6.45) is 10.9. The lowest BCUT2D eigenvalue weighted by atomic mass is 9.43. The second-order valence-electron chi connectivity index (χ2n) is 10.3. The van der Waals surface area contributed by atoms with Gasteiger partial charge in [-0.25, -0.2) is 5.43 Å². The average molecular weight is 377 g/mol. The molecule has 0 heterocycles. The van der Waals surface area contributed by atoms with Crippen LogP contribution in [0.5, 0.6) is 0 Å². The summed E-state index contributed by atoms with van der Waals surface area (Å²) in [6.45, 7) is 4.69. The molecule has 152 valence electrons. The predicted molar refractivity (Wildman–Crippen MR) is 106 cm³/mol. The molecule has 4 saturated carbocycles. The van der Waals surface area contributed by atoms with Crippen molar-refractivity contribution in [3.63, 3.8) is 0 Å². The molecule has 1 unspecified atom stereocenters. The van der Waals surface area contributed by atoms with Crippen LogP contribution < -0.4 is 11.2 Å². The second-order valence-corrected chi connectivity index (χ2v) is 10.3. The van der Waals surface area contributed by atoms with Crippen molar-refractivity contribution in [1.82, 2.24) is 5.43 Å². The summed E-state index contributed by atoms with van der Waals surface area (Å²) < 4.78 is 0. The molecule has 4 rings (SSSR count). The van der Waals surface area contributed by atoms with Crippen molar-refractivity contribution in [1.29, 1.82) is 5.41 Å². The van der Waals surface area contributed by atoms with Gasteiger partial charge in [0.15, 0.2) is 0 Å². The molecule has 0 radical (unpaired) electrons. The van der Waals surface area contributed by atoms with Crippen molar-refractivity contribution in [3.8, 4) is 0 Å². The highest BCUT2D eigenvalue weighted by atomic mass is 16.3. The number of hydrogen-bond acceptors (Lipinski definition) is 4. The van der Waals surface area contributed by atoms with E-state index in [4.69, 9.17) is 11.1 Å². The number of fused-ring (bicyclic) bond motifs is 5. The Balaban J connectivity index is 1.59. The van der Waals surface area contributed by atoms with Gasteiger partial charge in [-0.15, -0.1) is 0 Å². The quantitative estimate of drug-likeness (QED) is 0.289. The van der Waals surface area contributed by atoms with E-state index in [0.29, 0.717) is 17.8 Å². The Hall–Kier alpha value is -1.14. The van der Waals surface area contributed by atoms with Crippen LogP contribution in [-0.4, -0.2) is 34.1 Å². The van der Waals surface area contributed by atoms with Crippen molar-refractivity contribution < 1.29 is 10.2 Å². The summed E-state index contributed by atoms with van der Waals surface area (Å²) in [7, 11) is 0. The van der Waals surface area contributed by atoms with Gasteiger partial charge in [0.2, 0.25) is 5.96 Å². The number of guanidine groups is 1. The summed E-state index contributed by atoms with van der Waals surface area (Å²) in [4.78, 5) is 0. The molecule has 0 aliphatic heterocycles. The summed E-state index contributed by atoms with van der Waals surface area (Å²) in [5.41, 5.74) is 7.33. The Morgan fingerprint density at radius 3 is 2.63 bits per heavy atom. The van der Waals surface area contributed by atoms with Crippen molar-refractivity contribution in [2.45, 2.75) is 83.3 Å². The fourth-order valence-corrected chi connectivity index (χ4v) is 7.68. The number of nitrogens with two attached hydrogens (primary N) is 1. The maximum atomic E-state index is 12.0. The van der Waals surface area contributed by atoms with Crippen LogP contribution in [0.1, 0.15) is 71.6 Å². The van der Waals surface area contributed by atoms with Gasteiger partial charge < -0.3 is 15.9 Å². The average Bonchev–Trinajstić information content (AvgIpc) is 2.87. The van der Waals surface area contributed by atoms with Crippen molar-refractivity contribution in [2.75, 3.05) is 0 Å². The highest BCUT2D eigenvalue weighted by molar-refractivity contribution is 5.75. The normalized spacial score (nSPS) is 52.1. The monoisotopic (exact) mass is 376 g/mol. The Morgan fingerprint density at radius 1 is 1.11 bits per heavy atom. The molecule has 0 saturated heterocycles. The maximum absolute atomic E-state index is 12.0. The summed E-state index contributed by atoms with van der Waals surface area (Å²) in [5.74, 6) is 1.59. The molecule has 0 amide bonds. The van der Waals surface area contributed by atoms with Gasteiger partial charge in [-0.1, -0.05) is 13.8 Å². The molecule has 6 nitrogen and oxygen atoms in total. The van der Waals surface area contributed by atoms with Crippen LogP contribution in [0.25, 0.3) is 0 Å². The minimum atomic E-state index is -0.632. The van der Waals surface area contributed by atoms with Gasteiger partial charge in [0.1, 0.15) is 0 Å². The van der Waals surface area contributed by atoms with Crippen LogP contribution in [0.4, 0.5) is 0 Å². The zero-order valence-electron chi connectivity index (χ0n) is 16.7. The standard InChI is InChI=1S/C21H36N4O2/c1-19-8-6-15(26)11-13(19)3-4-17-16(19)7-9-20(2)14(5-10-21(17,20)27)12-24-25-18(22)23/h12-17,26-27H,3-11H2,1-2H3,(H4,22,23,25)/b24-12+/t13-,14?,15+,16+,17-,19+,20-,21+/m1/s1. The van der Waals surface area contributed by atoms with Crippen LogP contribution in [0.2, 0.25) is 0 Å². The first-order valence-corrected chi connectivity index (χ1v) is 10.7. The van der Waals surface area contributed by atoms with Crippen molar-refractivity contribution in [2.24, 2.45) is 45.3 Å². The number of nitrogens with zero attached hydrogens (tertiary/aromatic N) is 1. The van der Waals surface area contributed by atoms with E-state index >= 15 is 0 Å². The predicted octanol–water partition coefficient (Wildman–Crippen LogP) is 2.59. The number of aliphatic hydroxyl groups excluding tert-OH is 1. The van der Waals surface area contributed by atoms with Crippen LogP contribution >= 0.6 is 0 Å². The number of hydrazone groups is 1. The molecule has 4 aliphatic rings. The third kappa shape index (κ3) is 2.74. The van der Waals surface area contributed by atoms with E-state index in [2.05, 4.69) is 24.4 Å². The highest BCUT2D eigenvalue weighted by Gasteiger charge is 2.66. The van der Waals surface area contributed by atoms with Gasteiger partial charge in [0.05, 0.1) is 11.7 Å². The third-order valence-electron chi connectivity index (χ3n) is 9.34. The lowest BCUT2D eigenvalue weighted by Gasteiger charge is -2.63. The minimum absolute atomic E-state index is 0.127. The summed E-state index contributed by atoms with van der Waals surface area (Å²) in [6, 6.07) is 0. The second kappa shape index (κ2) is 6.45. The maximum Gasteiger partial charge on any atom is 0.206 e. The minimum Gasteiger partial charge on any atom is -0.393 e. The van der Waals surface area contributed by atoms with Crippen molar-refractivity contribution >= 4 is 12.2 Å². The molecule has 0 bridgehead atoms. The number of rotatable bonds is 2. The van der Waals surface area contributed by atoms with Gasteiger partial charge in [0.25, 0.3) is 0 Å². The molecule has 6 heteroatoms. The molecule has 0 aromatic rings. The topological polar surface area (TPSA) is 115 Å². The van der Waals surface area contributed by atoms with Gasteiger partial charge in [0, 0.05) is 17.5 Å². The Kier molecular flexibility index (Phi) is 4.58. The van der Waals surface area contributed by atoms with E-state index in [0.717, 1.165) is 57.8 Å². The zero-order chi connectivity index (χ0) is 19.4. The molecule has 6 N–H and O–H groups in total. The lowest BCUT2D eigenvalue weighted by Crippen LogP contribution is -2.62. The van der Waals surface area contributed by atoms with Gasteiger partial charge in [-0.3, -0.25) is 5.41 Å². The lowest BCUT2D eigenvalue weighted by molar-refractivity contribution is -0.206. The van der Waals surface area contributed by atoms with E-state index < -0.39 is 5.60 Å². The molecule has 0 aromatic heterocycles. The fraction of sp³-hybridized carbons (Fsp3) is 0.905. The van der Waals surface area contributed by atoms with E-state index in [1.807, 2.05) is 6.21 Å². The zero-order valence-corrected chi connectivity index (χ0v) is 16.7. The van der Waals surface area contributed by atoms with E-state index in [1.54, 1.807) is 0 Å². The largest absolute Gasteiger partial charge is 0.393 e. The molecule has 4 fully saturated rings. The first-order valence-electron chi connectivity index (χ1n) is 10.7. The third-order valence-corrected chi connectivity index (χ3v) is 9.34. The molecular formula is C21H36N4O2. The smallest absolute Gasteiger partial charge is 0.206 e. The summed E-state index contributed by atoms with van der Waals surface area (Å²) >= 11 is 0. The summed E-state index contributed by atoms with van der Waals surface area (Å²) in [5, 5.41) is 33.6. The first kappa shape index (κ1) is 19.2.